The smallest absolute Gasteiger partial charge is 0.232 e. The average molecular weight is 250 g/mol. The van der Waals surface area contributed by atoms with Gasteiger partial charge >= 0.3 is 0 Å². The molecule has 17 heavy (non-hydrogen) atoms. The van der Waals surface area contributed by atoms with E-state index in [9.17, 15) is 8.42 Å². The quantitative estimate of drug-likeness (QED) is 0.837. The van der Waals surface area contributed by atoms with E-state index in [1.807, 2.05) is 31.2 Å². The number of rotatable bonds is 3. The summed E-state index contributed by atoms with van der Waals surface area (Å²) in [5, 5.41) is 0.102. The Balaban J connectivity index is 2.59. The van der Waals surface area contributed by atoms with E-state index in [1.165, 1.54) is 6.20 Å². The Bertz CT molecular complexity index is 629. The van der Waals surface area contributed by atoms with Crippen LogP contribution >= 0.6 is 0 Å². The first-order valence-electron chi connectivity index (χ1n) is 5.38. The second-order valence-electron chi connectivity index (χ2n) is 3.82. The first kappa shape index (κ1) is 11.9. The predicted molar refractivity (Wildman–Crippen MR) is 66.0 cm³/mol. The summed E-state index contributed by atoms with van der Waals surface area (Å²) in [6, 6.07) is 7.65. The van der Waals surface area contributed by atoms with Crippen LogP contribution in [-0.2, 0) is 9.84 Å². The number of aryl methyl sites for hydroxylation is 1. The van der Waals surface area contributed by atoms with E-state index in [0.29, 0.717) is 0 Å². The van der Waals surface area contributed by atoms with Crippen LogP contribution in [0.4, 0.5) is 0 Å². The van der Waals surface area contributed by atoms with Crippen molar-refractivity contribution in [2.45, 2.75) is 19.0 Å². The Morgan fingerprint density at radius 1 is 1.35 bits per heavy atom. The van der Waals surface area contributed by atoms with Crippen LogP contribution in [0.5, 0.6) is 0 Å². The fraction of sp³-hybridized carbons (Fsp3) is 0.250. The van der Waals surface area contributed by atoms with Gasteiger partial charge in [-0.25, -0.2) is 13.4 Å². The third-order valence-electron chi connectivity index (χ3n) is 2.54. The van der Waals surface area contributed by atoms with Gasteiger partial charge in [0.2, 0.25) is 15.0 Å². The van der Waals surface area contributed by atoms with E-state index < -0.39 is 9.84 Å². The minimum atomic E-state index is -3.29. The molecule has 0 radical (unpaired) electrons. The normalized spacial score (nSPS) is 11.6. The summed E-state index contributed by atoms with van der Waals surface area (Å²) in [5.74, 6) is 0.0514. The van der Waals surface area contributed by atoms with Crippen molar-refractivity contribution in [2.24, 2.45) is 0 Å². The van der Waals surface area contributed by atoms with E-state index in [1.54, 1.807) is 17.7 Å². The monoisotopic (exact) mass is 250 g/mol. The lowest BCUT2D eigenvalue weighted by molar-refractivity contribution is 0.585. The number of hydrogen-bond donors (Lipinski definition) is 0. The highest BCUT2D eigenvalue weighted by molar-refractivity contribution is 7.91. The van der Waals surface area contributed by atoms with E-state index >= 15 is 0 Å². The van der Waals surface area contributed by atoms with E-state index in [4.69, 9.17) is 0 Å². The molecule has 0 unspecified atom stereocenters. The zero-order valence-electron chi connectivity index (χ0n) is 9.79. The average Bonchev–Trinajstić information content (AvgIpc) is 2.78. The Morgan fingerprint density at radius 3 is 2.76 bits per heavy atom. The first-order chi connectivity index (χ1) is 8.04. The summed E-state index contributed by atoms with van der Waals surface area (Å²) in [7, 11) is -3.29. The van der Waals surface area contributed by atoms with Crippen LogP contribution in [-0.4, -0.2) is 23.7 Å². The van der Waals surface area contributed by atoms with Gasteiger partial charge in [0.25, 0.3) is 0 Å². The van der Waals surface area contributed by atoms with Gasteiger partial charge in [-0.05, 0) is 24.6 Å². The standard InChI is InChI=1S/C12H14N2O2S/c1-3-17(15,16)12-13-7-8-14(12)11-6-4-5-10(2)9-11/h4-9H,3H2,1-2H3. The highest BCUT2D eigenvalue weighted by Gasteiger charge is 2.18. The molecule has 0 aliphatic rings. The van der Waals surface area contributed by atoms with Gasteiger partial charge < -0.3 is 0 Å². The van der Waals surface area contributed by atoms with Gasteiger partial charge in [-0.2, -0.15) is 0 Å². The number of benzene rings is 1. The molecule has 0 N–H and O–H groups in total. The molecule has 2 aromatic rings. The van der Waals surface area contributed by atoms with Gasteiger partial charge in [-0.3, -0.25) is 4.57 Å². The maximum absolute atomic E-state index is 11.9. The molecule has 1 heterocycles. The van der Waals surface area contributed by atoms with Crippen LogP contribution < -0.4 is 0 Å². The van der Waals surface area contributed by atoms with Crippen molar-refractivity contribution in [1.29, 1.82) is 0 Å². The summed E-state index contributed by atoms with van der Waals surface area (Å²) >= 11 is 0. The number of aromatic nitrogens is 2. The van der Waals surface area contributed by atoms with Crippen molar-refractivity contribution in [3.05, 3.63) is 42.2 Å². The summed E-state index contributed by atoms with van der Waals surface area (Å²) in [4.78, 5) is 3.94. The van der Waals surface area contributed by atoms with Crippen LogP contribution in [0.2, 0.25) is 0 Å². The van der Waals surface area contributed by atoms with Crippen molar-refractivity contribution in [3.8, 4) is 5.69 Å². The lowest BCUT2D eigenvalue weighted by atomic mass is 10.2. The molecule has 90 valence electrons. The van der Waals surface area contributed by atoms with Gasteiger partial charge in [0.05, 0.1) is 5.75 Å². The Labute approximate surface area is 101 Å². The largest absolute Gasteiger partial charge is 0.291 e. The Morgan fingerprint density at radius 2 is 2.12 bits per heavy atom. The Kier molecular flexibility index (Phi) is 3.02. The van der Waals surface area contributed by atoms with Crippen LogP contribution in [0.25, 0.3) is 5.69 Å². The highest BCUT2D eigenvalue weighted by atomic mass is 32.2. The minimum absolute atomic E-state index is 0.0514. The molecule has 0 aliphatic heterocycles. The summed E-state index contributed by atoms with van der Waals surface area (Å²) in [6.07, 6.45) is 3.17. The topological polar surface area (TPSA) is 52.0 Å². The SMILES string of the molecule is CCS(=O)(=O)c1nccn1-c1cccc(C)c1. The third-order valence-corrected chi connectivity index (χ3v) is 4.16. The molecule has 5 heteroatoms. The van der Waals surface area contributed by atoms with Crippen LogP contribution in [0.15, 0.2) is 41.8 Å². The molecule has 0 fully saturated rings. The Hall–Kier alpha value is -1.62. The maximum Gasteiger partial charge on any atom is 0.232 e. The van der Waals surface area contributed by atoms with Crippen LogP contribution in [0.1, 0.15) is 12.5 Å². The molecule has 0 saturated carbocycles. The highest BCUT2D eigenvalue weighted by Crippen LogP contribution is 2.16. The summed E-state index contributed by atoms with van der Waals surface area (Å²) < 4.78 is 25.3. The molecule has 4 nitrogen and oxygen atoms in total. The predicted octanol–water partition coefficient (Wildman–Crippen LogP) is 1.97. The van der Waals surface area contributed by atoms with Gasteiger partial charge in [-0.1, -0.05) is 19.1 Å². The number of nitrogens with zero attached hydrogens (tertiary/aromatic N) is 2. The van der Waals surface area contributed by atoms with E-state index in [2.05, 4.69) is 4.98 Å². The van der Waals surface area contributed by atoms with Crippen molar-refractivity contribution in [3.63, 3.8) is 0 Å². The molecule has 1 aromatic carbocycles. The molecular formula is C12H14N2O2S. The molecule has 0 spiro atoms. The lowest BCUT2D eigenvalue weighted by Gasteiger charge is -2.07. The van der Waals surface area contributed by atoms with Gasteiger partial charge in [0.15, 0.2) is 0 Å². The van der Waals surface area contributed by atoms with E-state index in [-0.39, 0.29) is 10.9 Å². The van der Waals surface area contributed by atoms with Crippen molar-refractivity contribution in [2.75, 3.05) is 5.75 Å². The maximum atomic E-state index is 11.9. The summed E-state index contributed by atoms with van der Waals surface area (Å²) in [6.45, 7) is 3.58. The third kappa shape index (κ3) is 2.24. The molecular weight excluding hydrogens is 236 g/mol. The van der Waals surface area contributed by atoms with Crippen molar-refractivity contribution >= 4 is 9.84 Å². The van der Waals surface area contributed by atoms with Crippen molar-refractivity contribution < 1.29 is 8.42 Å². The molecule has 1 aromatic heterocycles. The first-order valence-corrected chi connectivity index (χ1v) is 7.03. The number of imidazole rings is 1. The molecule has 0 amide bonds. The second kappa shape index (κ2) is 4.33. The molecule has 0 atom stereocenters. The zero-order valence-corrected chi connectivity index (χ0v) is 10.6. The molecule has 2 rings (SSSR count). The molecule has 0 saturated heterocycles. The van der Waals surface area contributed by atoms with Gasteiger partial charge in [0, 0.05) is 18.1 Å². The molecule has 0 bridgehead atoms. The van der Waals surface area contributed by atoms with Gasteiger partial charge in [-0.15, -0.1) is 0 Å². The van der Waals surface area contributed by atoms with Crippen LogP contribution in [0.3, 0.4) is 0 Å². The lowest BCUT2D eigenvalue weighted by Crippen LogP contribution is -2.11. The molecule has 0 aliphatic carbocycles. The van der Waals surface area contributed by atoms with Gasteiger partial charge in [0.1, 0.15) is 0 Å². The summed E-state index contributed by atoms with van der Waals surface area (Å²) in [5.41, 5.74) is 1.89. The van der Waals surface area contributed by atoms with Crippen molar-refractivity contribution in [1.82, 2.24) is 9.55 Å². The fourth-order valence-corrected chi connectivity index (χ4v) is 2.57. The number of sulfone groups is 1. The zero-order chi connectivity index (χ0) is 12.5. The van der Waals surface area contributed by atoms with E-state index in [0.717, 1.165) is 11.3 Å². The van der Waals surface area contributed by atoms with Crippen LogP contribution in [0, 0.1) is 6.92 Å². The fourth-order valence-electron chi connectivity index (χ4n) is 1.62. The minimum Gasteiger partial charge on any atom is -0.291 e. The second-order valence-corrected chi connectivity index (χ2v) is 5.99. The number of hydrogen-bond acceptors (Lipinski definition) is 3.